The minimum Gasteiger partial charge on any atom is -0.369 e. The molecule has 1 aliphatic rings. The molecule has 1 atom stereocenters. The van der Waals surface area contributed by atoms with E-state index in [1.54, 1.807) is 31.6 Å². The molecule has 3 rings (SSSR count). The predicted molar refractivity (Wildman–Crippen MR) is 110 cm³/mol. The maximum atomic E-state index is 12.6. The molecule has 29 heavy (non-hydrogen) atoms. The Kier molecular flexibility index (Phi) is 5.81. The first kappa shape index (κ1) is 20.3. The van der Waals surface area contributed by atoms with Crippen molar-refractivity contribution in [2.24, 2.45) is 10.7 Å². The molecule has 150 valence electrons. The number of aliphatic imine (C=N–C) groups is 1. The van der Waals surface area contributed by atoms with Gasteiger partial charge < -0.3 is 5.73 Å². The molecule has 0 radical (unpaired) electrons. The Hall–Kier alpha value is -3.42. The first-order chi connectivity index (χ1) is 13.8. The van der Waals surface area contributed by atoms with Crippen molar-refractivity contribution < 1.29 is 9.59 Å². The number of hydrogen-bond acceptors (Lipinski definition) is 7. The number of carbonyl (C=O) groups excluding carboxylic acids is 2. The van der Waals surface area contributed by atoms with Gasteiger partial charge in [0.25, 0.3) is 0 Å². The minimum absolute atomic E-state index is 0.129. The van der Waals surface area contributed by atoms with E-state index in [0.717, 1.165) is 12.0 Å². The number of pyridine rings is 1. The van der Waals surface area contributed by atoms with Crippen molar-refractivity contribution in [3.8, 4) is 0 Å². The Bertz CT molecular complexity index is 983. The molecular weight excluding hydrogens is 368 g/mol. The fourth-order valence-electron chi connectivity index (χ4n) is 3.02. The van der Waals surface area contributed by atoms with Gasteiger partial charge >= 0.3 is 0 Å². The molecule has 2 aromatic rings. The highest BCUT2D eigenvalue weighted by molar-refractivity contribution is 5.98. The Labute approximate surface area is 169 Å². The smallest absolute Gasteiger partial charge is 0.231 e. The summed E-state index contributed by atoms with van der Waals surface area (Å²) in [6.07, 6.45) is 9.75. The van der Waals surface area contributed by atoms with Crippen LogP contribution >= 0.6 is 0 Å². The van der Waals surface area contributed by atoms with E-state index in [1.165, 1.54) is 11.1 Å². The van der Waals surface area contributed by atoms with E-state index in [4.69, 9.17) is 5.73 Å². The van der Waals surface area contributed by atoms with Crippen molar-refractivity contribution in [2.45, 2.75) is 38.6 Å². The molecule has 8 heteroatoms. The monoisotopic (exact) mass is 392 g/mol. The number of aromatic nitrogens is 3. The number of ketones is 1. The summed E-state index contributed by atoms with van der Waals surface area (Å²) in [6.45, 7) is 3.85. The van der Waals surface area contributed by atoms with Crippen LogP contribution in [0.1, 0.15) is 54.1 Å². The van der Waals surface area contributed by atoms with Gasteiger partial charge in [-0.25, -0.2) is 9.98 Å². The van der Waals surface area contributed by atoms with Gasteiger partial charge in [-0.2, -0.15) is 0 Å². The average molecular weight is 392 g/mol. The third-order valence-corrected chi connectivity index (χ3v) is 4.80. The van der Waals surface area contributed by atoms with Gasteiger partial charge in [0.2, 0.25) is 5.91 Å². The minimum atomic E-state index is -0.861. The van der Waals surface area contributed by atoms with Crippen LogP contribution in [0.25, 0.3) is 6.08 Å². The van der Waals surface area contributed by atoms with Crippen LogP contribution in [0.5, 0.6) is 0 Å². The Balaban J connectivity index is 1.79. The molecule has 1 unspecified atom stereocenters. The number of nitrogens with zero attached hydrogens (tertiary/aromatic N) is 5. The van der Waals surface area contributed by atoms with Gasteiger partial charge in [0, 0.05) is 19.7 Å². The van der Waals surface area contributed by atoms with Gasteiger partial charge in [0.1, 0.15) is 11.2 Å². The Morgan fingerprint density at radius 2 is 2.10 bits per heavy atom. The normalized spacial score (nSPS) is 19.5. The van der Waals surface area contributed by atoms with Crippen LogP contribution in [-0.4, -0.2) is 44.5 Å². The molecule has 0 aliphatic carbocycles. The Morgan fingerprint density at radius 1 is 1.31 bits per heavy atom. The number of hydrogen-bond donors (Lipinski definition) is 1. The van der Waals surface area contributed by atoms with Crippen LogP contribution in [0.15, 0.2) is 41.8 Å². The van der Waals surface area contributed by atoms with E-state index >= 15 is 0 Å². The molecule has 1 aliphatic heterocycles. The maximum absolute atomic E-state index is 12.6. The zero-order valence-corrected chi connectivity index (χ0v) is 16.8. The van der Waals surface area contributed by atoms with E-state index in [0.29, 0.717) is 17.1 Å². The number of Topliss-reactive ketones (excluding diaryl/α,β-unsaturated/α-hetero) is 1. The highest BCUT2D eigenvalue weighted by Crippen LogP contribution is 2.31. The largest absolute Gasteiger partial charge is 0.369 e. The highest BCUT2D eigenvalue weighted by Gasteiger charge is 2.37. The number of nitrogens with two attached hydrogens (primary N) is 1. The number of carbonyl (C=O) groups is 2. The van der Waals surface area contributed by atoms with Crippen molar-refractivity contribution in [1.82, 2.24) is 19.9 Å². The first-order valence-corrected chi connectivity index (χ1v) is 9.41. The fourth-order valence-corrected chi connectivity index (χ4v) is 3.02. The molecule has 0 saturated carbocycles. The van der Waals surface area contributed by atoms with Crippen molar-refractivity contribution >= 4 is 23.7 Å². The van der Waals surface area contributed by atoms with E-state index in [1.807, 2.05) is 26.0 Å². The molecule has 2 aromatic heterocycles. The number of guanidine groups is 1. The Morgan fingerprint density at radius 3 is 2.76 bits per heavy atom. The van der Waals surface area contributed by atoms with E-state index in [2.05, 4.69) is 19.9 Å². The molecule has 0 aromatic carbocycles. The quantitative estimate of drug-likeness (QED) is 0.753. The van der Waals surface area contributed by atoms with Crippen molar-refractivity contribution in [2.75, 3.05) is 7.05 Å². The van der Waals surface area contributed by atoms with Gasteiger partial charge in [-0.05, 0) is 37.1 Å². The summed E-state index contributed by atoms with van der Waals surface area (Å²) < 4.78 is 0. The lowest BCUT2D eigenvalue weighted by Gasteiger charge is -2.32. The molecule has 2 N–H and O–H groups in total. The standard InChI is InChI=1S/C21H24N6O2/c1-4-5-6-15-12-25-16(13-24-15)17(28)9-14-7-8-23-18(10-14)21(2)11-19(29)27(3)20(22)26-21/h5-8,10,12-13H,4,9,11H2,1-3H3,(H2,22,26)/b6-5-. The topological polar surface area (TPSA) is 114 Å². The van der Waals surface area contributed by atoms with Crippen LogP contribution in [0.3, 0.4) is 0 Å². The summed E-state index contributed by atoms with van der Waals surface area (Å²) in [7, 11) is 1.59. The van der Waals surface area contributed by atoms with Crippen LogP contribution in [0.4, 0.5) is 0 Å². The molecule has 0 fully saturated rings. The van der Waals surface area contributed by atoms with E-state index < -0.39 is 5.54 Å². The van der Waals surface area contributed by atoms with Crippen LogP contribution < -0.4 is 5.73 Å². The number of allylic oxidation sites excluding steroid dienone is 1. The third-order valence-electron chi connectivity index (χ3n) is 4.80. The summed E-state index contributed by atoms with van der Waals surface area (Å²) in [5.74, 6) is -0.122. The van der Waals surface area contributed by atoms with Crippen LogP contribution in [0, 0.1) is 0 Å². The zero-order chi connectivity index (χ0) is 21.0. The second kappa shape index (κ2) is 8.30. The SMILES string of the molecule is CC/C=C\c1cnc(C(=O)Cc2ccnc(C3(C)CC(=O)N(C)C(N)=N3)c2)cn1. The van der Waals surface area contributed by atoms with E-state index in [-0.39, 0.29) is 30.5 Å². The number of rotatable bonds is 6. The van der Waals surface area contributed by atoms with Gasteiger partial charge in [-0.1, -0.05) is 13.0 Å². The lowest BCUT2D eigenvalue weighted by Crippen LogP contribution is -2.47. The molecule has 0 bridgehead atoms. The summed E-state index contributed by atoms with van der Waals surface area (Å²) >= 11 is 0. The molecule has 3 heterocycles. The van der Waals surface area contributed by atoms with E-state index in [9.17, 15) is 9.59 Å². The fraction of sp³-hybridized carbons (Fsp3) is 0.333. The summed E-state index contributed by atoms with van der Waals surface area (Å²) in [5, 5.41) is 0. The first-order valence-electron chi connectivity index (χ1n) is 9.41. The average Bonchev–Trinajstić information content (AvgIpc) is 2.71. The van der Waals surface area contributed by atoms with Gasteiger partial charge in [0.15, 0.2) is 11.7 Å². The van der Waals surface area contributed by atoms with Gasteiger partial charge in [-0.15, -0.1) is 0 Å². The molecule has 1 amide bonds. The van der Waals surface area contributed by atoms with Gasteiger partial charge in [-0.3, -0.25) is 24.5 Å². The second-order valence-corrected chi connectivity index (χ2v) is 7.16. The maximum Gasteiger partial charge on any atom is 0.231 e. The zero-order valence-electron chi connectivity index (χ0n) is 16.8. The second-order valence-electron chi connectivity index (χ2n) is 7.16. The number of amides is 1. The molecular formula is C21H24N6O2. The molecule has 8 nitrogen and oxygen atoms in total. The molecule has 0 spiro atoms. The van der Waals surface area contributed by atoms with Gasteiger partial charge in [0.05, 0.1) is 30.2 Å². The van der Waals surface area contributed by atoms with Crippen molar-refractivity contribution in [1.29, 1.82) is 0 Å². The van der Waals surface area contributed by atoms with Crippen LogP contribution in [-0.2, 0) is 16.8 Å². The lowest BCUT2D eigenvalue weighted by atomic mass is 9.90. The van der Waals surface area contributed by atoms with Crippen LogP contribution in [0.2, 0.25) is 0 Å². The third kappa shape index (κ3) is 4.53. The predicted octanol–water partition coefficient (Wildman–Crippen LogP) is 2.11. The highest BCUT2D eigenvalue weighted by atomic mass is 16.2. The summed E-state index contributed by atoms with van der Waals surface area (Å²) in [6, 6.07) is 3.56. The molecule has 0 saturated heterocycles. The van der Waals surface area contributed by atoms with Crippen molar-refractivity contribution in [3.63, 3.8) is 0 Å². The lowest BCUT2D eigenvalue weighted by molar-refractivity contribution is -0.128. The summed E-state index contributed by atoms with van der Waals surface area (Å²) in [4.78, 5) is 43.4. The summed E-state index contributed by atoms with van der Waals surface area (Å²) in [5.41, 5.74) is 7.39. The van der Waals surface area contributed by atoms with Crippen molar-refractivity contribution in [3.05, 3.63) is 59.4 Å².